The van der Waals surface area contributed by atoms with Gasteiger partial charge in [0.15, 0.2) is 4.32 Å². The first-order valence-corrected chi connectivity index (χ1v) is 8.27. The maximum Gasteiger partial charge on any atom is 0.270 e. The third kappa shape index (κ3) is 3.22. The number of thiocarbonyl (C=S) groups is 1. The van der Waals surface area contributed by atoms with Crippen LogP contribution < -0.4 is 4.90 Å². The van der Waals surface area contributed by atoms with Gasteiger partial charge in [-0.05, 0) is 42.8 Å². The average Bonchev–Trinajstić information content (AvgIpc) is 2.83. The van der Waals surface area contributed by atoms with Crippen LogP contribution in [0.25, 0.3) is 6.08 Å². The van der Waals surface area contributed by atoms with Gasteiger partial charge in [-0.3, -0.25) is 19.8 Å². The highest BCUT2D eigenvalue weighted by Gasteiger charge is 2.33. The van der Waals surface area contributed by atoms with Gasteiger partial charge in [0.1, 0.15) is 0 Å². The van der Waals surface area contributed by atoms with Gasteiger partial charge in [0.2, 0.25) is 0 Å². The van der Waals surface area contributed by atoms with Crippen LogP contribution in [0.1, 0.15) is 11.1 Å². The van der Waals surface area contributed by atoms with Crippen molar-refractivity contribution in [1.82, 2.24) is 0 Å². The molecular formula is C17H12N2O3S2. The first-order valence-electron chi connectivity index (χ1n) is 7.05. The van der Waals surface area contributed by atoms with E-state index in [9.17, 15) is 14.9 Å². The summed E-state index contributed by atoms with van der Waals surface area (Å²) in [7, 11) is 0. The van der Waals surface area contributed by atoms with Crippen molar-refractivity contribution >= 4 is 51.7 Å². The van der Waals surface area contributed by atoms with Gasteiger partial charge in [0.05, 0.1) is 15.5 Å². The van der Waals surface area contributed by atoms with E-state index in [2.05, 4.69) is 0 Å². The summed E-state index contributed by atoms with van der Waals surface area (Å²) in [6.45, 7) is 1.97. The molecular weight excluding hydrogens is 344 g/mol. The standard InChI is InChI=1S/C17H12N2O3S2/c1-11-2-6-13(7-3-11)18-16(20)15(24-17(18)23)10-12-4-8-14(9-5-12)19(21)22/h2-10H,1H3/b15-10-. The molecule has 5 nitrogen and oxygen atoms in total. The van der Waals surface area contributed by atoms with E-state index in [1.807, 2.05) is 31.2 Å². The van der Waals surface area contributed by atoms with Gasteiger partial charge < -0.3 is 0 Å². The van der Waals surface area contributed by atoms with Gasteiger partial charge in [-0.2, -0.15) is 0 Å². The number of rotatable bonds is 3. The van der Waals surface area contributed by atoms with Gasteiger partial charge >= 0.3 is 0 Å². The van der Waals surface area contributed by atoms with Crippen molar-refractivity contribution in [2.45, 2.75) is 6.92 Å². The van der Waals surface area contributed by atoms with E-state index in [-0.39, 0.29) is 11.6 Å². The number of nitro groups is 1. The lowest BCUT2D eigenvalue weighted by atomic mass is 10.2. The number of carbonyl (C=O) groups is 1. The predicted octanol–water partition coefficient (Wildman–Crippen LogP) is 4.31. The normalized spacial score (nSPS) is 16.0. The van der Waals surface area contributed by atoms with E-state index < -0.39 is 4.92 Å². The van der Waals surface area contributed by atoms with Crippen molar-refractivity contribution in [2.24, 2.45) is 0 Å². The van der Waals surface area contributed by atoms with Gasteiger partial charge in [-0.15, -0.1) is 0 Å². The Labute approximate surface area is 148 Å². The minimum Gasteiger partial charge on any atom is -0.268 e. The van der Waals surface area contributed by atoms with Crippen LogP contribution in [0.3, 0.4) is 0 Å². The zero-order valence-electron chi connectivity index (χ0n) is 12.6. The van der Waals surface area contributed by atoms with Crippen LogP contribution in [0.5, 0.6) is 0 Å². The Morgan fingerprint density at radius 1 is 1.12 bits per heavy atom. The second-order valence-electron chi connectivity index (χ2n) is 5.20. The first kappa shape index (κ1) is 16.4. The molecule has 120 valence electrons. The molecule has 0 spiro atoms. The number of thioether (sulfide) groups is 1. The molecule has 1 amide bonds. The van der Waals surface area contributed by atoms with Gasteiger partial charge in [0.25, 0.3) is 11.6 Å². The van der Waals surface area contributed by atoms with E-state index in [1.54, 1.807) is 18.2 Å². The summed E-state index contributed by atoms with van der Waals surface area (Å²) < 4.78 is 0.469. The fraction of sp³-hybridized carbons (Fsp3) is 0.0588. The second-order valence-corrected chi connectivity index (χ2v) is 6.88. The van der Waals surface area contributed by atoms with E-state index in [4.69, 9.17) is 12.2 Å². The molecule has 0 N–H and O–H groups in total. The van der Waals surface area contributed by atoms with Crippen molar-refractivity contribution in [1.29, 1.82) is 0 Å². The van der Waals surface area contributed by atoms with E-state index >= 15 is 0 Å². The van der Waals surface area contributed by atoms with Gasteiger partial charge in [-0.25, -0.2) is 0 Å². The first-order chi connectivity index (χ1) is 11.5. The molecule has 1 saturated heterocycles. The fourth-order valence-electron chi connectivity index (χ4n) is 2.23. The SMILES string of the molecule is Cc1ccc(N2C(=O)/C(=C/c3ccc([N+](=O)[O-])cc3)SC2=S)cc1. The molecule has 0 atom stereocenters. The number of hydrogen-bond acceptors (Lipinski definition) is 5. The van der Waals surface area contributed by atoms with Gasteiger partial charge in [0, 0.05) is 12.1 Å². The maximum absolute atomic E-state index is 12.6. The third-order valence-corrected chi connectivity index (χ3v) is 4.79. The summed E-state index contributed by atoms with van der Waals surface area (Å²) in [6.07, 6.45) is 1.69. The highest BCUT2D eigenvalue weighted by Crippen LogP contribution is 2.36. The Kier molecular flexibility index (Phi) is 4.46. The van der Waals surface area contributed by atoms with E-state index in [0.29, 0.717) is 14.8 Å². The number of amides is 1. The zero-order valence-corrected chi connectivity index (χ0v) is 14.3. The van der Waals surface area contributed by atoms with Crippen LogP contribution >= 0.6 is 24.0 Å². The second kappa shape index (κ2) is 6.54. The highest BCUT2D eigenvalue weighted by atomic mass is 32.2. The van der Waals surface area contributed by atoms with Crippen molar-refractivity contribution in [3.63, 3.8) is 0 Å². The summed E-state index contributed by atoms with van der Waals surface area (Å²) in [4.78, 5) is 24.8. The molecule has 0 aromatic heterocycles. The van der Waals surface area contributed by atoms with Crippen LogP contribution in [0, 0.1) is 17.0 Å². The van der Waals surface area contributed by atoms with E-state index in [0.717, 1.165) is 11.3 Å². The maximum atomic E-state index is 12.6. The smallest absolute Gasteiger partial charge is 0.268 e. The number of non-ortho nitro benzene ring substituents is 1. The molecule has 1 heterocycles. The molecule has 0 unspecified atom stereocenters. The highest BCUT2D eigenvalue weighted by molar-refractivity contribution is 8.27. The Morgan fingerprint density at radius 2 is 1.75 bits per heavy atom. The monoisotopic (exact) mass is 356 g/mol. The van der Waals surface area contributed by atoms with Crippen LogP contribution in [0.4, 0.5) is 11.4 Å². The molecule has 0 radical (unpaired) electrons. The summed E-state index contributed by atoms with van der Waals surface area (Å²) >= 11 is 6.54. The fourth-order valence-corrected chi connectivity index (χ4v) is 3.53. The number of benzene rings is 2. The van der Waals surface area contributed by atoms with Crippen molar-refractivity contribution in [3.8, 4) is 0 Å². The predicted molar refractivity (Wildman–Crippen MR) is 99.9 cm³/mol. The lowest BCUT2D eigenvalue weighted by Crippen LogP contribution is -2.27. The Balaban J connectivity index is 1.87. The number of anilines is 1. The molecule has 1 aliphatic heterocycles. The summed E-state index contributed by atoms with van der Waals surface area (Å²) in [5, 5.41) is 10.7. The molecule has 2 aromatic rings. The summed E-state index contributed by atoms with van der Waals surface area (Å²) in [5.41, 5.74) is 2.56. The molecule has 7 heteroatoms. The van der Waals surface area contributed by atoms with Crippen molar-refractivity contribution in [2.75, 3.05) is 4.90 Å². The van der Waals surface area contributed by atoms with Crippen LogP contribution in [0.2, 0.25) is 0 Å². The Hall–Kier alpha value is -2.51. The summed E-state index contributed by atoms with van der Waals surface area (Å²) in [6, 6.07) is 13.6. The molecule has 1 fully saturated rings. The number of nitro benzene ring substituents is 1. The van der Waals surface area contributed by atoms with Crippen LogP contribution in [-0.4, -0.2) is 15.2 Å². The molecule has 1 aliphatic rings. The lowest BCUT2D eigenvalue weighted by molar-refractivity contribution is -0.384. The topological polar surface area (TPSA) is 63.5 Å². The number of nitrogens with zero attached hydrogens (tertiary/aromatic N) is 2. The molecule has 2 aromatic carbocycles. The molecule has 3 rings (SSSR count). The number of hydrogen-bond donors (Lipinski definition) is 0. The van der Waals surface area contributed by atoms with Crippen LogP contribution in [-0.2, 0) is 4.79 Å². The average molecular weight is 356 g/mol. The Morgan fingerprint density at radius 3 is 2.33 bits per heavy atom. The largest absolute Gasteiger partial charge is 0.270 e. The minimum absolute atomic E-state index is 0.0133. The molecule has 24 heavy (non-hydrogen) atoms. The quantitative estimate of drug-likeness (QED) is 0.355. The van der Waals surface area contributed by atoms with E-state index in [1.165, 1.54) is 28.8 Å². The number of carbonyl (C=O) groups excluding carboxylic acids is 1. The van der Waals surface area contributed by atoms with Crippen molar-refractivity contribution in [3.05, 3.63) is 74.7 Å². The van der Waals surface area contributed by atoms with Crippen LogP contribution in [0.15, 0.2) is 53.4 Å². The Bertz CT molecular complexity index is 858. The lowest BCUT2D eigenvalue weighted by Gasteiger charge is -2.14. The minimum atomic E-state index is -0.458. The molecule has 0 saturated carbocycles. The number of aryl methyl sites for hydroxylation is 1. The van der Waals surface area contributed by atoms with Gasteiger partial charge in [-0.1, -0.05) is 41.7 Å². The van der Waals surface area contributed by atoms with Crippen molar-refractivity contribution < 1.29 is 9.72 Å². The molecule has 0 bridgehead atoms. The molecule has 0 aliphatic carbocycles. The zero-order chi connectivity index (χ0) is 17.3. The summed E-state index contributed by atoms with van der Waals surface area (Å²) in [5.74, 6) is -0.188. The third-order valence-electron chi connectivity index (χ3n) is 3.49.